The van der Waals surface area contributed by atoms with Gasteiger partial charge in [0.15, 0.2) is 11.6 Å². The molecule has 29 heavy (non-hydrogen) atoms. The Morgan fingerprint density at radius 2 is 1.48 bits per heavy atom. The molecule has 0 spiro atoms. The Kier molecular flexibility index (Phi) is 7.05. The van der Waals surface area contributed by atoms with Crippen LogP contribution < -0.4 is 0 Å². The van der Waals surface area contributed by atoms with Crippen LogP contribution in [-0.4, -0.2) is 11.6 Å². The molecule has 2 aliphatic rings. The van der Waals surface area contributed by atoms with Crippen LogP contribution in [0.1, 0.15) is 92.5 Å². The molecule has 0 bridgehead atoms. The Morgan fingerprint density at radius 3 is 2.17 bits per heavy atom. The summed E-state index contributed by atoms with van der Waals surface area (Å²) in [4.78, 5) is 26.4. The number of hydrogen-bond acceptors (Lipinski definition) is 2. The number of hydrogen-bond donors (Lipinski definition) is 0. The van der Waals surface area contributed by atoms with E-state index in [1.165, 1.54) is 18.4 Å². The van der Waals surface area contributed by atoms with Gasteiger partial charge in [0.05, 0.1) is 0 Å². The lowest BCUT2D eigenvalue weighted by Crippen LogP contribution is -2.20. The first-order valence-corrected chi connectivity index (χ1v) is 11.2. The molecule has 0 N–H and O–H groups in total. The summed E-state index contributed by atoms with van der Waals surface area (Å²) in [5.41, 5.74) is 4.70. The van der Waals surface area contributed by atoms with Crippen molar-refractivity contribution in [3.05, 3.63) is 69.8 Å². The Morgan fingerprint density at radius 1 is 0.828 bits per heavy atom. The molecule has 154 valence electrons. The summed E-state index contributed by atoms with van der Waals surface area (Å²) in [5.74, 6) is 1.36. The predicted octanol–water partition coefficient (Wildman–Crippen LogP) is 7.05. The number of carbonyl (C=O) groups excluding carboxylic acids is 2. The fraction of sp³-hybridized carbons (Fsp3) is 0.481. The molecule has 0 atom stereocenters. The molecule has 2 aliphatic carbocycles. The Labute approximate surface area is 175 Å². The molecule has 0 heterocycles. The second-order valence-electron chi connectivity index (χ2n) is 9.35. The van der Waals surface area contributed by atoms with Gasteiger partial charge in [-0.15, -0.1) is 0 Å². The molecular formula is C27H34O2. The van der Waals surface area contributed by atoms with E-state index in [1.807, 2.05) is 36.4 Å². The number of fused-ring (bicyclic) bond motifs is 1. The second-order valence-corrected chi connectivity index (χ2v) is 9.35. The fourth-order valence-electron chi connectivity index (χ4n) is 4.19. The highest BCUT2D eigenvalue weighted by Crippen LogP contribution is 2.32. The van der Waals surface area contributed by atoms with Gasteiger partial charge in [-0.1, -0.05) is 76.5 Å². The van der Waals surface area contributed by atoms with E-state index < -0.39 is 0 Å². The minimum absolute atomic E-state index is 0.00348. The van der Waals surface area contributed by atoms with Gasteiger partial charge in [-0.05, 0) is 55.6 Å². The van der Waals surface area contributed by atoms with Gasteiger partial charge in [-0.2, -0.15) is 0 Å². The van der Waals surface area contributed by atoms with Crippen LogP contribution >= 0.6 is 0 Å². The number of ketones is 2. The van der Waals surface area contributed by atoms with E-state index in [2.05, 4.69) is 27.7 Å². The van der Waals surface area contributed by atoms with Crippen LogP contribution in [0, 0.1) is 11.8 Å². The molecule has 0 amide bonds. The van der Waals surface area contributed by atoms with Crippen LogP contribution in [0.2, 0.25) is 0 Å². The topological polar surface area (TPSA) is 34.1 Å². The molecule has 1 aromatic carbocycles. The maximum atomic E-state index is 13.2. The summed E-state index contributed by atoms with van der Waals surface area (Å²) in [6.45, 7) is 8.93. The summed E-state index contributed by atoms with van der Waals surface area (Å²) in [6, 6.07) is 5.84. The zero-order valence-electron chi connectivity index (χ0n) is 18.4. The van der Waals surface area contributed by atoms with E-state index in [-0.39, 0.29) is 11.6 Å². The lowest BCUT2D eigenvalue weighted by Gasteiger charge is -2.18. The number of aryl methyl sites for hydroxylation is 1. The number of benzene rings is 1. The van der Waals surface area contributed by atoms with Crippen LogP contribution in [0.5, 0.6) is 0 Å². The van der Waals surface area contributed by atoms with Crippen molar-refractivity contribution < 1.29 is 9.59 Å². The highest BCUT2D eigenvalue weighted by molar-refractivity contribution is 6.29. The third-order valence-corrected chi connectivity index (χ3v) is 5.89. The summed E-state index contributed by atoms with van der Waals surface area (Å²) < 4.78 is 0. The zero-order chi connectivity index (χ0) is 21.0. The molecule has 0 radical (unpaired) electrons. The second kappa shape index (κ2) is 9.52. The van der Waals surface area contributed by atoms with Gasteiger partial charge in [0.2, 0.25) is 0 Å². The number of carbonyl (C=O) groups is 2. The maximum Gasteiger partial charge on any atom is 0.194 e. The molecule has 2 nitrogen and oxygen atoms in total. The predicted molar refractivity (Wildman–Crippen MR) is 120 cm³/mol. The first-order valence-electron chi connectivity index (χ1n) is 11.2. The molecule has 1 aromatic rings. The summed E-state index contributed by atoms with van der Waals surface area (Å²) in [5, 5.41) is 0. The van der Waals surface area contributed by atoms with Gasteiger partial charge >= 0.3 is 0 Å². The quantitative estimate of drug-likeness (QED) is 0.476. The van der Waals surface area contributed by atoms with Crippen molar-refractivity contribution >= 4 is 11.6 Å². The highest BCUT2D eigenvalue weighted by Gasteiger charge is 2.31. The molecular weight excluding hydrogens is 356 g/mol. The van der Waals surface area contributed by atoms with Crippen molar-refractivity contribution in [2.75, 3.05) is 0 Å². The average Bonchev–Trinajstić information content (AvgIpc) is 2.88. The lowest BCUT2D eigenvalue weighted by molar-refractivity contribution is 0.0980. The minimum atomic E-state index is -0.00348. The monoisotopic (exact) mass is 390 g/mol. The van der Waals surface area contributed by atoms with Crippen LogP contribution in [0.4, 0.5) is 0 Å². The maximum absolute atomic E-state index is 13.2. The molecule has 0 unspecified atom stereocenters. The molecule has 3 rings (SSSR count). The first kappa shape index (κ1) is 21.5. The molecule has 0 aliphatic heterocycles. The molecule has 0 saturated carbocycles. The van der Waals surface area contributed by atoms with E-state index in [4.69, 9.17) is 0 Å². The third-order valence-electron chi connectivity index (χ3n) is 5.89. The van der Waals surface area contributed by atoms with Gasteiger partial charge < -0.3 is 0 Å². The first-order chi connectivity index (χ1) is 13.9. The van der Waals surface area contributed by atoms with E-state index in [0.29, 0.717) is 34.1 Å². The Hall–Kier alpha value is -2.22. The largest absolute Gasteiger partial charge is 0.289 e. The van der Waals surface area contributed by atoms with E-state index in [1.54, 1.807) is 0 Å². The fourth-order valence-corrected chi connectivity index (χ4v) is 4.19. The van der Waals surface area contributed by atoms with Gasteiger partial charge in [0.25, 0.3) is 0 Å². The van der Waals surface area contributed by atoms with E-state index >= 15 is 0 Å². The standard InChI is InChI=1S/C27H34O2/c1-18(2)8-5-10-20-12-7-13-22-24(16-20)27(29)23-15-14-21(11-6-9-19(3)4)17-25(23)26(22)28/h7,13-19H,5-6,8-12H2,1-4H3. The zero-order valence-corrected chi connectivity index (χ0v) is 18.4. The Balaban J connectivity index is 1.84. The third kappa shape index (κ3) is 5.23. The van der Waals surface area contributed by atoms with Crippen molar-refractivity contribution in [3.8, 4) is 0 Å². The molecule has 0 aromatic heterocycles. The van der Waals surface area contributed by atoms with Crippen LogP contribution in [0.15, 0.2) is 53.1 Å². The van der Waals surface area contributed by atoms with Crippen LogP contribution in [0.25, 0.3) is 0 Å². The van der Waals surface area contributed by atoms with E-state index in [0.717, 1.165) is 37.7 Å². The van der Waals surface area contributed by atoms with Crippen molar-refractivity contribution in [1.82, 2.24) is 0 Å². The van der Waals surface area contributed by atoms with Crippen molar-refractivity contribution in [2.45, 2.75) is 72.6 Å². The molecule has 0 fully saturated rings. The van der Waals surface area contributed by atoms with E-state index in [9.17, 15) is 9.59 Å². The van der Waals surface area contributed by atoms with Crippen LogP contribution in [-0.2, 0) is 6.42 Å². The summed E-state index contributed by atoms with van der Waals surface area (Å²) in [7, 11) is 0. The summed E-state index contributed by atoms with van der Waals surface area (Å²) in [6.07, 6.45) is 13.3. The average molecular weight is 391 g/mol. The van der Waals surface area contributed by atoms with Gasteiger partial charge in [-0.3, -0.25) is 9.59 Å². The number of Topliss-reactive ketones (excluding diaryl/α,β-unsaturated/α-hetero) is 2. The van der Waals surface area contributed by atoms with Crippen molar-refractivity contribution in [3.63, 3.8) is 0 Å². The van der Waals surface area contributed by atoms with Gasteiger partial charge in [0, 0.05) is 22.3 Å². The minimum Gasteiger partial charge on any atom is -0.289 e. The molecule has 2 heteroatoms. The van der Waals surface area contributed by atoms with Crippen molar-refractivity contribution in [1.29, 1.82) is 0 Å². The normalized spacial score (nSPS) is 16.3. The summed E-state index contributed by atoms with van der Waals surface area (Å²) >= 11 is 0. The van der Waals surface area contributed by atoms with Crippen molar-refractivity contribution in [2.24, 2.45) is 11.8 Å². The Bertz CT molecular complexity index is 878. The SMILES string of the molecule is CC(C)CCCC1=CC2=C(C=CC1)C(=O)c1cc(CCCC(C)C)ccc1C2=O. The highest BCUT2D eigenvalue weighted by atomic mass is 16.1. The van der Waals surface area contributed by atoms with Gasteiger partial charge in [-0.25, -0.2) is 0 Å². The smallest absolute Gasteiger partial charge is 0.194 e. The number of rotatable bonds is 8. The lowest BCUT2D eigenvalue weighted by atomic mass is 9.82. The van der Waals surface area contributed by atoms with Gasteiger partial charge in [0.1, 0.15) is 0 Å². The van der Waals surface area contributed by atoms with Crippen LogP contribution in [0.3, 0.4) is 0 Å². The molecule has 0 saturated heterocycles. The number of allylic oxidation sites excluding steroid dienone is 6.